The van der Waals surface area contributed by atoms with Gasteiger partial charge in [-0.05, 0) is 6.92 Å². The smallest absolute Gasteiger partial charge is 0.326 e. The molecule has 1 aliphatic heterocycles. The summed E-state index contributed by atoms with van der Waals surface area (Å²) in [5.41, 5.74) is 0. The van der Waals surface area contributed by atoms with Gasteiger partial charge in [-0.1, -0.05) is 0 Å². The maximum Gasteiger partial charge on any atom is 0.326 e. The minimum absolute atomic E-state index is 0.169. The first-order chi connectivity index (χ1) is 7.95. The Bertz CT molecular complexity index is 364. The Labute approximate surface area is 97.7 Å². The van der Waals surface area contributed by atoms with Gasteiger partial charge in [-0.25, -0.2) is 0 Å². The van der Waals surface area contributed by atoms with Crippen molar-refractivity contribution < 1.29 is 28.7 Å². The quantitative estimate of drug-likeness (QED) is 0.476. The van der Waals surface area contributed by atoms with Gasteiger partial charge in [-0.15, -0.1) is 0 Å². The molecule has 0 saturated carbocycles. The number of nitrogens with zero attached hydrogens (tertiary/aromatic N) is 1. The van der Waals surface area contributed by atoms with Crippen LogP contribution in [0, 0.1) is 0 Å². The van der Waals surface area contributed by atoms with E-state index >= 15 is 0 Å². The van der Waals surface area contributed by atoms with Crippen LogP contribution in [0.5, 0.6) is 0 Å². The van der Waals surface area contributed by atoms with Gasteiger partial charge < -0.3 is 9.47 Å². The highest BCUT2D eigenvalue weighted by Gasteiger charge is 2.41. The topological polar surface area (TPSA) is 90.0 Å². The number of hydrogen-bond donors (Lipinski definition) is 0. The number of likely N-dealkylation sites (tertiary alicyclic amines) is 1. The maximum absolute atomic E-state index is 11.6. The summed E-state index contributed by atoms with van der Waals surface area (Å²) in [5, 5.41) is 0. The van der Waals surface area contributed by atoms with Crippen LogP contribution >= 0.6 is 0 Å². The second-order valence-electron chi connectivity index (χ2n) is 3.43. The van der Waals surface area contributed by atoms with Crippen LogP contribution < -0.4 is 0 Å². The first-order valence-electron chi connectivity index (χ1n) is 5.12. The molecular formula is C10H13NO6. The van der Waals surface area contributed by atoms with Gasteiger partial charge in [0, 0.05) is 6.92 Å². The molecule has 2 amide bonds. The lowest BCUT2D eigenvalue weighted by atomic mass is 10.3. The highest BCUT2D eigenvalue weighted by molar-refractivity contribution is 6.07. The number of imide groups is 1. The predicted molar refractivity (Wildman–Crippen MR) is 53.5 cm³/mol. The highest BCUT2D eigenvalue weighted by Crippen LogP contribution is 2.16. The molecule has 17 heavy (non-hydrogen) atoms. The molecule has 94 valence electrons. The second-order valence-corrected chi connectivity index (χ2v) is 3.43. The molecule has 0 unspecified atom stereocenters. The fourth-order valence-corrected chi connectivity index (χ4v) is 1.45. The normalized spacial score (nSPS) is 19.4. The number of rotatable bonds is 4. The average Bonchev–Trinajstić information content (AvgIpc) is 2.45. The van der Waals surface area contributed by atoms with Crippen molar-refractivity contribution in [1.29, 1.82) is 0 Å². The van der Waals surface area contributed by atoms with Crippen LogP contribution in [0.15, 0.2) is 0 Å². The Morgan fingerprint density at radius 1 is 1.41 bits per heavy atom. The van der Waals surface area contributed by atoms with Gasteiger partial charge in [-0.3, -0.25) is 24.1 Å². The molecule has 1 aliphatic rings. The van der Waals surface area contributed by atoms with Gasteiger partial charge >= 0.3 is 11.9 Å². The molecule has 1 atom stereocenters. The molecule has 7 heteroatoms. The standard InChI is InChI=1S/C10H13NO6/c1-3-16-9(14)5-11-8(13)4-7(10(11)15)17-6(2)12/h7H,3-5H2,1-2H3/t7-/m1/s1. The largest absolute Gasteiger partial charge is 0.465 e. The number of carbonyl (C=O) groups excluding carboxylic acids is 4. The van der Waals surface area contributed by atoms with E-state index in [-0.39, 0.29) is 13.0 Å². The fraction of sp³-hybridized carbons (Fsp3) is 0.600. The van der Waals surface area contributed by atoms with E-state index in [1.807, 2.05) is 0 Å². The molecule has 1 saturated heterocycles. The third-order valence-electron chi connectivity index (χ3n) is 2.10. The van der Waals surface area contributed by atoms with E-state index in [1.165, 1.54) is 0 Å². The number of ether oxygens (including phenoxy) is 2. The molecule has 1 rings (SSSR count). The Hall–Kier alpha value is -1.92. The lowest BCUT2D eigenvalue weighted by molar-refractivity contribution is -0.157. The summed E-state index contributed by atoms with van der Waals surface area (Å²) in [6, 6.07) is 0. The van der Waals surface area contributed by atoms with E-state index in [0.717, 1.165) is 11.8 Å². The van der Waals surface area contributed by atoms with Gasteiger partial charge in [0.15, 0.2) is 6.10 Å². The van der Waals surface area contributed by atoms with E-state index in [1.54, 1.807) is 6.92 Å². The van der Waals surface area contributed by atoms with Gasteiger partial charge in [0.2, 0.25) is 5.91 Å². The minimum atomic E-state index is -1.12. The molecule has 0 spiro atoms. The zero-order valence-corrected chi connectivity index (χ0v) is 9.60. The summed E-state index contributed by atoms with van der Waals surface area (Å²) in [7, 11) is 0. The molecule has 0 aromatic rings. The molecule has 0 radical (unpaired) electrons. The number of amides is 2. The van der Waals surface area contributed by atoms with Gasteiger partial charge in [0.1, 0.15) is 6.54 Å². The van der Waals surface area contributed by atoms with E-state index in [9.17, 15) is 19.2 Å². The predicted octanol–water partition coefficient (Wildman–Crippen LogP) is -0.760. The van der Waals surface area contributed by atoms with Crippen molar-refractivity contribution in [2.24, 2.45) is 0 Å². The molecule has 0 aliphatic carbocycles. The molecule has 0 bridgehead atoms. The highest BCUT2D eigenvalue weighted by atomic mass is 16.6. The van der Waals surface area contributed by atoms with Crippen LogP contribution in [0.1, 0.15) is 20.3 Å². The number of carbonyl (C=O) groups is 4. The Morgan fingerprint density at radius 3 is 2.59 bits per heavy atom. The van der Waals surface area contributed by atoms with Gasteiger partial charge in [0.05, 0.1) is 13.0 Å². The third-order valence-corrected chi connectivity index (χ3v) is 2.10. The maximum atomic E-state index is 11.6. The van der Waals surface area contributed by atoms with Crippen molar-refractivity contribution in [2.45, 2.75) is 26.4 Å². The van der Waals surface area contributed by atoms with Crippen LogP contribution in [-0.2, 0) is 28.7 Å². The Morgan fingerprint density at radius 2 is 2.06 bits per heavy atom. The molecule has 0 aromatic carbocycles. The first-order valence-corrected chi connectivity index (χ1v) is 5.12. The van der Waals surface area contributed by atoms with Crippen LogP contribution in [0.4, 0.5) is 0 Å². The molecule has 1 heterocycles. The first kappa shape index (κ1) is 13.1. The lowest BCUT2D eigenvalue weighted by Gasteiger charge is -2.13. The molecule has 7 nitrogen and oxygen atoms in total. The molecule has 1 fully saturated rings. The van der Waals surface area contributed by atoms with Crippen LogP contribution in [0.2, 0.25) is 0 Å². The van der Waals surface area contributed by atoms with Crippen LogP contribution in [0.25, 0.3) is 0 Å². The van der Waals surface area contributed by atoms with Crippen molar-refractivity contribution in [3.05, 3.63) is 0 Å². The SMILES string of the molecule is CCOC(=O)CN1C(=O)C[C@@H](OC(C)=O)C1=O. The van der Waals surface area contributed by atoms with E-state index in [0.29, 0.717) is 0 Å². The Kier molecular flexibility index (Phi) is 4.19. The van der Waals surface area contributed by atoms with Crippen LogP contribution in [0.3, 0.4) is 0 Å². The molecular weight excluding hydrogens is 230 g/mol. The third kappa shape index (κ3) is 3.27. The minimum Gasteiger partial charge on any atom is -0.465 e. The van der Waals surface area contributed by atoms with Gasteiger partial charge in [0.25, 0.3) is 5.91 Å². The van der Waals surface area contributed by atoms with Crippen molar-refractivity contribution in [2.75, 3.05) is 13.2 Å². The zero-order chi connectivity index (χ0) is 13.0. The van der Waals surface area contributed by atoms with E-state index in [2.05, 4.69) is 9.47 Å². The lowest BCUT2D eigenvalue weighted by Crippen LogP contribution is -2.38. The molecule has 0 aromatic heterocycles. The number of esters is 2. The van der Waals surface area contributed by atoms with E-state index < -0.39 is 36.4 Å². The average molecular weight is 243 g/mol. The summed E-state index contributed by atoms with van der Waals surface area (Å²) >= 11 is 0. The summed E-state index contributed by atoms with van der Waals surface area (Å²) in [6.45, 7) is 2.49. The van der Waals surface area contributed by atoms with Crippen molar-refractivity contribution >= 4 is 23.8 Å². The van der Waals surface area contributed by atoms with Gasteiger partial charge in [-0.2, -0.15) is 0 Å². The summed E-state index contributed by atoms with van der Waals surface area (Å²) < 4.78 is 9.29. The zero-order valence-electron chi connectivity index (χ0n) is 9.60. The summed E-state index contributed by atoms with van der Waals surface area (Å²) in [5.74, 6) is -2.54. The van der Waals surface area contributed by atoms with E-state index in [4.69, 9.17) is 0 Å². The Balaban J connectivity index is 2.62. The summed E-state index contributed by atoms with van der Waals surface area (Å²) in [4.78, 5) is 45.6. The van der Waals surface area contributed by atoms with Crippen molar-refractivity contribution in [3.63, 3.8) is 0 Å². The number of hydrogen-bond acceptors (Lipinski definition) is 6. The monoisotopic (exact) mass is 243 g/mol. The fourth-order valence-electron chi connectivity index (χ4n) is 1.45. The van der Waals surface area contributed by atoms with Crippen molar-refractivity contribution in [3.8, 4) is 0 Å². The summed E-state index contributed by atoms with van der Waals surface area (Å²) in [6.07, 6.45) is -1.34. The van der Waals surface area contributed by atoms with Crippen molar-refractivity contribution in [1.82, 2.24) is 4.90 Å². The van der Waals surface area contributed by atoms with Crippen LogP contribution in [-0.4, -0.2) is 47.9 Å². The molecule has 0 N–H and O–H groups in total. The second kappa shape index (κ2) is 5.42.